The Morgan fingerprint density at radius 1 is 1.08 bits per heavy atom. The Hall–Kier alpha value is -3.97. The van der Waals surface area contributed by atoms with Gasteiger partial charge in [-0.25, -0.2) is 4.98 Å². The molecule has 3 heterocycles. The number of benzene rings is 3. The van der Waals surface area contributed by atoms with Crippen molar-refractivity contribution in [1.29, 1.82) is 0 Å². The molecular formula is C29H24N2O4S. The summed E-state index contributed by atoms with van der Waals surface area (Å²) in [6.45, 7) is 5.99. The fraction of sp³-hybridized carbons (Fsp3) is 0.207. The monoisotopic (exact) mass is 496 g/mol. The molecule has 6 rings (SSSR count). The molecule has 1 saturated heterocycles. The summed E-state index contributed by atoms with van der Waals surface area (Å²) in [5.74, 6) is -0.838. The minimum Gasteiger partial charge on any atom is -0.507 e. The maximum atomic E-state index is 13.5. The van der Waals surface area contributed by atoms with Gasteiger partial charge in [-0.2, -0.15) is 0 Å². The highest BCUT2D eigenvalue weighted by Gasteiger charge is 2.48. The molecule has 0 unspecified atom stereocenters. The molecule has 7 heteroatoms. The number of hydrogen-bond donors (Lipinski definition) is 1. The number of hydrogen-bond acceptors (Lipinski definition) is 6. The quantitative estimate of drug-likeness (QED) is 0.218. The molecule has 1 fully saturated rings. The number of carbonyl (C=O) groups excluding carboxylic acids is 2. The van der Waals surface area contributed by atoms with Crippen LogP contribution in [-0.2, 0) is 16.0 Å². The molecule has 0 spiro atoms. The minimum atomic E-state index is -0.795. The van der Waals surface area contributed by atoms with E-state index in [1.165, 1.54) is 16.2 Å². The maximum absolute atomic E-state index is 13.5. The minimum absolute atomic E-state index is 0.0541. The van der Waals surface area contributed by atoms with E-state index in [9.17, 15) is 14.7 Å². The van der Waals surface area contributed by atoms with E-state index in [1.54, 1.807) is 12.1 Å². The highest BCUT2D eigenvalue weighted by molar-refractivity contribution is 7.22. The largest absolute Gasteiger partial charge is 0.507 e. The van der Waals surface area contributed by atoms with Crippen LogP contribution in [0.1, 0.15) is 40.8 Å². The van der Waals surface area contributed by atoms with Gasteiger partial charge >= 0.3 is 5.91 Å². The Labute approximate surface area is 212 Å². The van der Waals surface area contributed by atoms with Crippen molar-refractivity contribution in [1.82, 2.24) is 4.98 Å². The number of thiazole rings is 1. The van der Waals surface area contributed by atoms with Crippen molar-refractivity contribution in [2.45, 2.75) is 39.3 Å². The number of aliphatic hydroxyl groups is 1. The zero-order chi connectivity index (χ0) is 25.1. The van der Waals surface area contributed by atoms with Crippen molar-refractivity contribution < 1.29 is 19.4 Å². The number of aliphatic hydroxyl groups excluding tert-OH is 1. The first kappa shape index (κ1) is 22.5. The molecule has 36 heavy (non-hydrogen) atoms. The van der Waals surface area contributed by atoms with Crippen LogP contribution in [0.5, 0.6) is 5.75 Å². The van der Waals surface area contributed by atoms with Gasteiger partial charge in [-0.1, -0.05) is 47.7 Å². The number of aromatic nitrogens is 1. The van der Waals surface area contributed by atoms with Crippen LogP contribution < -0.4 is 9.64 Å². The number of rotatable bonds is 3. The van der Waals surface area contributed by atoms with Crippen molar-refractivity contribution in [3.63, 3.8) is 0 Å². The van der Waals surface area contributed by atoms with E-state index < -0.39 is 17.7 Å². The number of aryl methyl sites for hydroxylation is 2. The summed E-state index contributed by atoms with van der Waals surface area (Å²) in [5, 5.41) is 11.9. The molecule has 2 aliphatic rings. The Morgan fingerprint density at radius 2 is 1.86 bits per heavy atom. The van der Waals surface area contributed by atoms with Crippen LogP contribution in [0.4, 0.5) is 5.13 Å². The number of amides is 1. The number of carbonyl (C=O) groups is 2. The molecule has 2 aliphatic heterocycles. The van der Waals surface area contributed by atoms with Crippen LogP contribution in [0.2, 0.25) is 0 Å². The molecule has 1 N–H and O–H groups in total. The summed E-state index contributed by atoms with van der Waals surface area (Å²) in [5.41, 5.74) is 5.16. The van der Waals surface area contributed by atoms with Gasteiger partial charge in [-0.05, 0) is 67.3 Å². The van der Waals surface area contributed by atoms with E-state index in [0.717, 1.165) is 44.6 Å². The first-order valence-corrected chi connectivity index (χ1v) is 12.7. The third-order valence-corrected chi connectivity index (χ3v) is 7.76. The molecule has 3 aromatic carbocycles. The summed E-state index contributed by atoms with van der Waals surface area (Å²) in [4.78, 5) is 33.1. The van der Waals surface area contributed by atoms with Gasteiger partial charge in [0.25, 0.3) is 5.78 Å². The Bertz CT molecular complexity index is 1590. The summed E-state index contributed by atoms with van der Waals surface area (Å²) in [6, 6.07) is 18.0. The van der Waals surface area contributed by atoms with Crippen molar-refractivity contribution >= 4 is 44.1 Å². The Morgan fingerprint density at radius 3 is 2.64 bits per heavy atom. The molecular weight excluding hydrogens is 472 g/mol. The lowest BCUT2D eigenvalue weighted by molar-refractivity contribution is -0.132. The third-order valence-electron chi connectivity index (χ3n) is 6.75. The molecule has 2 atom stereocenters. The predicted molar refractivity (Wildman–Crippen MR) is 141 cm³/mol. The molecule has 0 bridgehead atoms. The normalized spacial score (nSPS) is 20.7. The lowest BCUT2D eigenvalue weighted by Gasteiger charge is -2.23. The maximum Gasteiger partial charge on any atom is 0.301 e. The fourth-order valence-electron chi connectivity index (χ4n) is 5.17. The molecule has 1 amide bonds. The second-order valence-corrected chi connectivity index (χ2v) is 10.5. The van der Waals surface area contributed by atoms with Gasteiger partial charge in [0.15, 0.2) is 5.13 Å². The fourth-order valence-corrected chi connectivity index (χ4v) is 6.34. The first-order valence-electron chi connectivity index (χ1n) is 11.9. The Kier molecular flexibility index (Phi) is 5.19. The van der Waals surface area contributed by atoms with E-state index in [1.807, 2.05) is 69.3 Å². The highest BCUT2D eigenvalue weighted by Crippen LogP contribution is 2.45. The Balaban J connectivity index is 1.54. The van der Waals surface area contributed by atoms with Crippen LogP contribution >= 0.6 is 11.3 Å². The number of fused-ring (bicyclic) bond motifs is 2. The molecule has 0 aliphatic carbocycles. The standard InChI is InChI=1S/C29H24N2O4S/c1-15-11-16(2)24-22(12-15)36-29(30-24)31-25(18-7-5-4-6-8-18)23(27(33)28(31)34)26(32)19-9-10-21-20(14-19)13-17(3)35-21/h4-12,14,17,25,32H,13H2,1-3H3/b26-23+/t17-,25+/m1/s1. The summed E-state index contributed by atoms with van der Waals surface area (Å²) < 4.78 is 6.73. The van der Waals surface area contributed by atoms with Crippen molar-refractivity contribution in [3.05, 3.63) is 94.1 Å². The first-order chi connectivity index (χ1) is 17.3. The van der Waals surface area contributed by atoms with Gasteiger partial charge < -0.3 is 9.84 Å². The molecule has 0 saturated carbocycles. The topological polar surface area (TPSA) is 79.7 Å². The smallest absolute Gasteiger partial charge is 0.301 e. The van der Waals surface area contributed by atoms with Crippen LogP contribution in [0, 0.1) is 13.8 Å². The SMILES string of the molecule is Cc1cc(C)c2nc(N3C(=O)C(=O)/C(=C(/O)c4ccc5c(c4)C[C@@H](C)O5)[C@@H]3c3ccccc3)sc2c1. The second-order valence-electron chi connectivity index (χ2n) is 9.46. The number of ether oxygens (including phenoxy) is 1. The molecule has 180 valence electrons. The number of anilines is 1. The van der Waals surface area contributed by atoms with Crippen LogP contribution in [0.3, 0.4) is 0 Å². The number of ketones is 1. The third kappa shape index (κ3) is 3.50. The van der Waals surface area contributed by atoms with Crippen molar-refractivity contribution in [2.24, 2.45) is 0 Å². The van der Waals surface area contributed by atoms with E-state index in [-0.39, 0.29) is 17.4 Å². The van der Waals surface area contributed by atoms with Gasteiger partial charge in [0.2, 0.25) is 0 Å². The average molecular weight is 497 g/mol. The summed E-state index contributed by atoms with van der Waals surface area (Å²) in [7, 11) is 0. The average Bonchev–Trinajstić information content (AvgIpc) is 3.52. The molecule has 1 aromatic heterocycles. The van der Waals surface area contributed by atoms with E-state index in [0.29, 0.717) is 10.7 Å². The van der Waals surface area contributed by atoms with Crippen molar-refractivity contribution in [2.75, 3.05) is 4.90 Å². The molecule has 0 radical (unpaired) electrons. The summed E-state index contributed by atoms with van der Waals surface area (Å²) >= 11 is 1.37. The van der Waals surface area contributed by atoms with E-state index in [4.69, 9.17) is 9.72 Å². The molecule has 4 aromatic rings. The van der Waals surface area contributed by atoms with Crippen LogP contribution in [0.25, 0.3) is 16.0 Å². The second kappa shape index (κ2) is 8.31. The van der Waals surface area contributed by atoms with Crippen LogP contribution in [0.15, 0.2) is 66.2 Å². The van der Waals surface area contributed by atoms with Crippen LogP contribution in [-0.4, -0.2) is 27.9 Å². The zero-order valence-electron chi connectivity index (χ0n) is 20.1. The highest BCUT2D eigenvalue weighted by atomic mass is 32.1. The van der Waals surface area contributed by atoms with Gasteiger partial charge in [-0.3, -0.25) is 14.5 Å². The lowest BCUT2D eigenvalue weighted by Crippen LogP contribution is -2.29. The van der Waals surface area contributed by atoms with E-state index in [2.05, 4.69) is 0 Å². The van der Waals surface area contributed by atoms with Crippen molar-refractivity contribution in [3.8, 4) is 5.75 Å². The predicted octanol–water partition coefficient (Wildman–Crippen LogP) is 5.86. The van der Waals surface area contributed by atoms with Gasteiger partial charge in [0.1, 0.15) is 17.6 Å². The lowest BCUT2D eigenvalue weighted by atomic mass is 9.94. The number of nitrogens with zero attached hydrogens (tertiary/aromatic N) is 2. The van der Waals surface area contributed by atoms with Gasteiger partial charge in [-0.15, -0.1) is 0 Å². The summed E-state index contributed by atoms with van der Waals surface area (Å²) in [6.07, 6.45) is 0.774. The van der Waals surface area contributed by atoms with Gasteiger partial charge in [0, 0.05) is 12.0 Å². The van der Waals surface area contributed by atoms with Gasteiger partial charge in [0.05, 0.1) is 21.8 Å². The van der Waals surface area contributed by atoms with E-state index >= 15 is 0 Å². The molecule has 6 nitrogen and oxygen atoms in total. The number of Topliss-reactive ketones (excluding diaryl/α,β-unsaturated/α-hetero) is 1. The zero-order valence-corrected chi connectivity index (χ0v) is 20.9.